The van der Waals surface area contributed by atoms with Gasteiger partial charge in [-0.1, -0.05) is 32.9 Å². The molecular formula is C17H26N2OS2. The van der Waals surface area contributed by atoms with E-state index in [4.69, 9.17) is 0 Å². The monoisotopic (exact) mass is 338 g/mol. The van der Waals surface area contributed by atoms with Gasteiger partial charge in [0.1, 0.15) is 0 Å². The molecule has 0 aliphatic carbocycles. The van der Waals surface area contributed by atoms with E-state index in [-0.39, 0.29) is 10.7 Å². The van der Waals surface area contributed by atoms with Crippen LogP contribution in [0.4, 0.5) is 5.69 Å². The summed E-state index contributed by atoms with van der Waals surface area (Å²) in [4.78, 5) is 14.5. The smallest absolute Gasteiger partial charge is 0.234 e. The van der Waals surface area contributed by atoms with Gasteiger partial charge in [-0.05, 0) is 17.7 Å². The Morgan fingerprint density at radius 3 is 2.73 bits per heavy atom. The van der Waals surface area contributed by atoms with Crippen molar-refractivity contribution in [2.75, 3.05) is 35.7 Å². The number of carbonyl (C=O) groups is 1. The first-order valence-corrected chi connectivity index (χ1v) is 9.89. The Balaban J connectivity index is 1.86. The Morgan fingerprint density at radius 2 is 2.05 bits per heavy atom. The molecule has 0 aromatic heterocycles. The first-order valence-electron chi connectivity index (χ1n) is 7.75. The van der Waals surface area contributed by atoms with Crippen LogP contribution < -0.4 is 5.32 Å². The highest BCUT2D eigenvalue weighted by Gasteiger charge is 2.14. The predicted octanol–water partition coefficient (Wildman–Crippen LogP) is 3.71. The summed E-state index contributed by atoms with van der Waals surface area (Å²) in [5.41, 5.74) is 2.18. The summed E-state index contributed by atoms with van der Waals surface area (Å²) in [5.74, 6) is 3.02. The largest absolute Gasteiger partial charge is 0.325 e. The molecule has 1 N–H and O–H groups in total. The van der Waals surface area contributed by atoms with Gasteiger partial charge in [0.15, 0.2) is 0 Å². The second-order valence-corrected chi connectivity index (χ2v) is 9.56. The third kappa shape index (κ3) is 6.63. The molecule has 1 aromatic carbocycles. The molecule has 0 radical (unpaired) electrons. The Labute approximate surface area is 142 Å². The van der Waals surface area contributed by atoms with E-state index in [1.54, 1.807) is 11.8 Å². The number of thioether (sulfide) groups is 2. The van der Waals surface area contributed by atoms with Crippen LogP contribution in [-0.2, 0) is 11.3 Å². The Kier molecular flexibility index (Phi) is 6.66. The van der Waals surface area contributed by atoms with Crippen LogP contribution in [0.25, 0.3) is 0 Å². The number of hydrogen-bond acceptors (Lipinski definition) is 4. The molecule has 1 aliphatic heterocycles. The topological polar surface area (TPSA) is 32.3 Å². The molecular weight excluding hydrogens is 312 g/mol. The van der Waals surface area contributed by atoms with E-state index in [1.807, 2.05) is 23.9 Å². The number of nitrogens with zero attached hydrogens (tertiary/aromatic N) is 1. The summed E-state index contributed by atoms with van der Waals surface area (Å²) >= 11 is 3.70. The SMILES string of the molecule is CC(C)(C)SCC(=O)Nc1cccc(CN2CCSCC2)c1. The van der Waals surface area contributed by atoms with Crippen LogP contribution in [-0.4, -0.2) is 45.9 Å². The average molecular weight is 339 g/mol. The molecule has 1 aromatic rings. The van der Waals surface area contributed by atoms with Crippen LogP contribution in [0, 0.1) is 0 Å². The summed E-state index contributed by atoms with van der Waals surface area (Å²) in [6.07, 6.45) is 0. The fraction of sp³-hybridized carbons (Fsp3) is 0.588. The minimum Gasteiger partial charge on any atom is -0.325 e. The summed E-state index contributed by atoms with van der Waals surface area (Å²) in [6.45, 7) is 9.67. The molecule has 1 fully saturated rings. The van der Waals surface area contributed by atoms with Crippen LogP contribution >= 0.6 is 23.5 Å². The highest BCUT2D eigenvalue weighted by Crippen LogP contribution is 2.23. The summed E-state index contributed by atoms with van der Waals surface area (Å²) < 4.78 is 0.117. The number of hydrogen-bond donors (Lipinski definition) is 1. The molecule has 122 valence electrons. The lowest BCUT2D eigenvalue weighted by Crippen LogP contribution is -2.31. The number of anilines is 1. The highest BCUT2D eigenvalue weighted by atomic mass is 32.2. The summed E-state index contributed by atoms with van der Waals surface area (Å²) in [7, 11) is 0. The number of carbonyl (C=O) groups excluding carboxylic acids is 1. The quantitative estimate of drug-likeness (QED) is 0.887. The number of nitrogens with one attached hydrogen (secondary N) is 1. The van der Waals surface area contributed by atoms with Gasteiger partial charge < -0.3 is 5.32 Å². The molecule has 1 amide bonds. The van der Waals surface area contributed by atoms with E-state index in [2.05, 4.69) is 43.1 Å². The third-order valence-electron chi connectivity index (χ3n) is 3.36. The van der Waals surface area contributed by atoms with Crippen LogP contribution in [0.5, 0.6) is 0 Å². The zero-order chi connectivity index (χ0) is 16.0. The molecule has 0 unspecified atom stereocenters. The van der Waals surface area contributed by atoms with Gasteiger partial charge in [-0.3, -0.25) is 9.69 Å². The molecule has 5 heteroatoms. The van der Waals surface area contributed by atoms with Gasteiger partial charge in [-0.2, -0.15) is 11.8 Å². The average Bonchev–Trinajstić information content (AvgIpc) is 2.46. The van der Waals surface area contributed by atoms with Crippen molar-refractivity contribution in [2.45, 2.75) is 32.1 Å². The van der Waals surface area contributed by atoms with Gasteiger partial charge >= 0.3 is 0 Å². The van der Waals surface area contributed by atoms with Crippen molar-refractivity contribution in [3.63, 3.8) is 0 Å². The van der Waals surface area contributed by atoms with Crippen molar-refractivity contribution in [3.05, 3.63) is 29.8 Å². The molecule has 1 aliphatic rings. The van der Waals surface area contributed by atoms with E-state index in [0.717, 1.165) is 25.3 Å². The molecule has 0 saturated carbocycles. The second kappa shape index (κ2) is 8.27. The maximum absolute atomic E-state index is 12.0. The third-order valence-corrected chi connectivity index (χ3v) is 5.57. The van der Waals surface area contributed by atoms with Crippen LogP contribution in [0.1, 0.15) is 26.3 Å². The molecule has 2 rings (SSSR count). The van der Waals surface area contributed by atoms with Crippen LogP contribution in [0.15, 0.2) is 24.3 Å². The Morgan fingerprint density at radius 1 is 1.32 bits per heavy atom. The van der Waals surface area contributed by atoms with Crippen molar-refractivity contribution in [1.29, 1.82) is 0 Å². The van der Waals surface area contributed by atoms with E-state index >= 15 is 0 Å². The first kappa shape index (κ1) is 17.7. The maximum atomic E-state index is 12.0. The van der Waals surface area contributed by atoms with E-state index < -0.39 is 0 Å². The molecule has 1 saturated heterocycles. The first-order chi connectivity index (χ1) is 10.4. The van der Waals surface area contributed by atoms with Crippen LogP contribution in [0.2, 0.25) is 0 Å². The van der Waals surface area contributed by atoms with Gasteiger partial charge in [-0.25, -0.2) is 0 Å². The van der Waals surface area contributed by atoms with E-state index in [0.29, 0.717) is 5.75 Å². The second-order valence-electron chi connectivity index (χ2n) is 6.54. The number of amides is 1. The lowest BCUT2D eigenvalue weighted by molar-refractivity contribution is -0.113. The lowest BCUT2D eigenvalue weighted by Gasteiger charge is -2.26. The Hall–Kier alpha value is -0.650. The van der Waals surface area contributed by atoms with Crippen molar-refractivity contribution in [3.8, 4) is 0 Å². The highest BCUT2D eigenvalue weighted by molar-refractivity contribution is 8.01. The molecule has 0 atom stereocenters. The zero-order valence-corrected chi connectivity index (χ0v) is 15.4. The van der Waals surface area contributed by atoms with Gasteiger partial charge in [0.05, 0.1) is 5.75 Å². The van der Waals surface area contributed by atoms with Crippen molar-refractivity contribution in [2.24, 2.45) is 0 Å². The van der Waals surface area contributed by atoms with E-state index in [9.17, 15) is 4.79 Å². The minimum absolute atomic E-state index is 0.0754. The van der Waals surface area contributed by atoms with Crippen molar-refractivity contribution < 1.29 is 4.79 Å². The summed E-state index contributed by atoms with van der Waals surface area (Å²) in [6, 6.07) is 8.23. The fourth-order valence-electron chi connectivity index (χ4n) is 2.24. The molecule has 1 heterocycles. The minimum atomic E-state index is 0.0754. The van der Waals surface area contributed by atoms with Crippen molar-refractivity contribution >= 4 is 35.1 Å². The molecule has 0 bridgehead atoms. The van der Waals surface area contributed by atoms with Crippen molar-refractivity contribution in [1.82, 2.24) is 4.90 Å². The predicted molar refractivity (Wildman–Crippen MR) is 99.9 cm³/mol. The lowest BCUT2D eigenvalue weighted by atomic mass is 10.2. The van der Waals surface area contributed by atoms with E-state index in [1.165, 1.54) is 17.1 Å². The Bertz CT molecular complexity index is 494. The van der Waals surface area contributed by atoms with Gasteiger partial charge in [0.25, 0.3) is 0 Å². The number of benzene rings is 1. The number of rotatable bonds is 5. The fourth-order valence-corrected chi connectivity index (χ4v) is 3.86. The maximum Gasteiger partial charge on any atom is 0.234 e. The summed E-state index contributed by atoms with van der Waals surface area (Å²) in [5, 5.41) is 3.01. The van der Waals surface area contributed by atoms with Gasteiger partial charge in [0, 0.05) is 41.6 Å². The van der Waals surface area contributed by atoms with Gasteiger partial charge in [-0.15, -0.1) is 11.8 Å². The van der Waals surface area contributed by atoms with Crippen LogP contribution in [0.3, 0.4) is 0 Å². The molecule has 22 heavy (non-hydrogen) atoms. The molecule has 3 nitrogen and oxygen atoms in total. The molecule has 0 spiro atoms. The standard InChI is InChI=1S/C17H26N2OS2/c1-17(2,3)22-13-16(20)18-15-6-4-5-14(11-15)12-19-7-9-21-10-8-19/h4-6,11H,7-10,12-13H2,1-3H3,(H,18,20). The normalized spacial score (nSPS) is 16.5. The zero-order valence-electron chi connectivity index (χ0n) is 13.7. The van der Waals surface area contributed by atoms with Gasteiger partial charge in [0.2, 0.25) is 5.91 Å².